The lowest BCUT2D eigenvalue weighted by Gasteiger charge is -2.36. The Hall–Kier alpha value is -0.900. The fourth-order valence-electron chi connectivity index (χ4n) is 3.40. The van der Waals surface area contributed by atoms with Gasteiger partial charge in [0.2, 0.25) is 0 Å². The van der Waals surface area contributed by atoms with Gasteiger partial charge in [0.15, 0.2) is 0 Å². The Kier molecular flexibility index (Phi) is 5.42. The van der Waals surface area contributed by atoms with Crippen LogP contribution in [0.1, 0.15) is 33.9 Å². The summed E-state index contributed by atoms with van der Waals surface area (Å²) in [7, 11) is 4.42. The molecule has 0 aromatic heterocycles. The molecular weight excluding hydrogens is 258 g/mol. The number of likely N-dealkylation sites (N-methyl/N-ethyl adjacent to an activating group) is 1. The summed E-state index contributed by atoms with van der Waals surface area (Å²) in [6, 6.07) is 2.80. The van der Waals surface area contributed by atoms with Crippen molar-refractivity contribution < 1.29 is 0 Å². The molecule has 1 aliphatic rings. The van der Waals surface area contributed by atoms with Gasteiger partial charge in [-0.1, -0.05) is 6.07 Å². The van der Waals surface area contributed by atoms with Crippen LogP contribution in [0.25, 0.3) is 0 Å². The highest BCUT2D eigenvalue weighted by molar-refractivity contribution is 5.45. The number of benzene rings is 1. The number of rotatable bonds is 4. The molecule has 118 valence electrons. The molecule has 0 bridgehead atoms. The van der Waals surface area contributed by atoms with E-state index in [-0.39, 0.29) is 0 Å². The minimum absolute atomic E-state index is 0.474. The van der Waals surface area contributed by atoms with Crippen molar-refractivity contribution in [2.24, 2.45) is 0 Å². The van der Waals surface area contributed by atoms with Crippen LogP contribution in [0.3, 0.4) is 0 Å². The number of hydrogen-bond acceptors (Lipinski definition) is 3. The van der Waals surface area contributed by atoms with Crippen LogP contribution in [-0.2, 0) is 0 Å². The molecule has 0 radical (unpaired) electrons. The fourth-order valence-corrected chi connectivity index (χ4v) is 3.40. The van der Waals surface area contributed by atoms with Crippen LogP contribution >= 0.6 is 0 Å². The zero-order valence-corrected chi connectivity index (χ0v) is 14.6. The lowest BCUT2D eigenvalue weighted by molar-refractivity contribution is 0.167. The van der Waals surface area contributed by atoms with Crippen molar-refractivity contribution in [3.05, 3.63) is 33.9 Å². The molecule has 1 saturated heterocycles. The topological polar surface area (TPSA) is 18.5 Å². The fraction of sp³-hybridized carbons (Fsp3) is 0.667. The monoisotopic (exact) mass is 289 g/mol. The van der Waals surface area contributed by atoms with E-state index in [1.807, 2.05) is 0 Å². The molecule has 0 amide bonds. The number of nitrogens with zero attached hydrogens (tertiary/aromatic N) is 2. The molecule has 3 nitrogen and oxygen atoms in total. The van der Waals surface area contributed by atoms with Crippen molar-refractivity contribution in [2.45, 2.75) is 33.7 Å². The van der Waals surface area contributed by atoms with Gasteiger partial charge in [0.05, 0.1) is 0 Å². The second-order valence-electron chi connectivity index (χ2n) is 6.70. The zero-order valence-electron chi connectivity index (χ0n) is 14.6. The van der Waals surface area contributed by atoms with Crippen molar-refractivity contribution in [2.75, 3.05) is 46.8 Å². The molecule has 1 aromatic rings. The summed E-state index contributed by atoms with van der Waals surface area (Å²) >= 11 is 0. The normalized spacial score (nSPS) is 18.2. The van der Waals surface area contributed by atoms with Crippen molar-refractivity contribution in [1.82, 2.24) is 15.1 Å². The Labute approximate surface area is 130 Å². The van der Waals surface area contributed by atoms with Gasteiger partial charge in [0.1, 0.15) is 0 Å². The third kappa shape index (κ3) is 3.65. The third-order valence-corrected chi connectivity index (χ3v) is 5.02. The molecule has 1 fully saturated rings. The van der Waals surface area contributed by atoms with Gasteiger partial charge in [0.25, 0.3) is 0 Å². The maximum absolute atomic E-state index is 3.44. The van der Waals surface area contributed by atoms with Crippen molar-refractivity contribution >= 4 is 0 Å². The first kappa shape index (κ1) is 16.5. The number of hydrogen-bond donors (Lipinski definition) is 1. The predicted octanol–water partition coefficient (Wildman–Crippen LogP) is 2.43. The molecular formula is C18H31N3. The van der Waals surface area contributed by atoms with Crippen LogP contribution in [0.5, 0.6) is 0 Å². The van der Waals surface area contributed by atoms with Crippen molar-refractivity contribution in [1.29, 1.82) is 0 Å². The molecule has 1 unspecified atom stereocenters. The molecule has 21 heavy (non-hydrogen) atoms. The first-order chi connectivity index (χ1) is 9.91. The molecule has 3 heteroatoms. The minimum Gasteiger partial charge on any atom is -0.314 e. The van der Waals surface area contributed by atoms with Gasteiger partial charge in [-0.3, -0.25) is 4.90 Å². The molecule has 1 N–H and O–H groups in total. The molecule has 1 heterocycles. The van der Waals surface area contributed by atoms with E-state index in [0.717, 1.165) is 32.7 Å². The summed E-state index contributed by atoms with van der Waals surface area (Å²) in [6.07, 6.45) is 0. The molecule has 0 spiro atoms. The van der Waals surface area contributed by atoms with Gasteiger partial charge in [-0.2, -0.15) is 0 Å². The minimum atomic E-state index is 0.474. The quantitative estimate of drug-likeness (QED) is 0.918. The van der Waals surface area contributed by atoms with E-state index in [0.29, 0.717) is 6.04 Å². The predicted molar refractivity (Wildman–Crippen MR) is 91.1 cm³/mol. The van der Waals surface area contributed by atoms with E-state index in [2.05, 4.69) is 63.0 Å². The van der Waals surface area contributed by atoms with Gasteiger partial charge in [0, 0.05) is 38.8 Å². The van der Waals surface area contributed by atoms with Crippen LogP contribution in [0.4, 0.5) is 0 Å². The van der Waals surface area contributed by atoms with E-state index < -0.39 is 0 Å². The highest BCUT2D eigenvalue weighted by Crippen LogP contribution is 2.30. The van der Waals surface area contributed by atoms with E-state index in [4.69, 9.17) is 0 Å². The standard InChI is InChI=1S/C18H31N3/c1-13-11-14(2)16(4)18(15(13)3)17(20(5)6)12-21-9-7-19-8-10-21/h11,17,19H,7-10,12H2,1-6H3. The number of piperazine rings is 1. The van der Waals surface area contributed by atoms with Crippen molar-refractivity contribution in [3.63, 3.8) is 0 Å². The first-order valence-electron chi connectivity index (χ1n) is 8.08. The molecule has 1 aliphatic heterocycles. The lowest BCUT2D eigenvalue weighted by Crippen LogP contribution is -2.46. The zero-order chi connectivity index (χ0) is 15.6. The van der Waals surface area contributed by atoms with Gasteiger partial charge in [-0.25, -0.2) is 0 Å². The van der Waals surface area contributed by atoms with E-state index in [9.17, 15) is 0 Å². The summed E-state index contributed by atoms with van der Waals surface area (Å²) < 4.78 is 0. The first-order valence-corrected chi connectivity index (χ1v) is 8.08. The SMILES string of the molecule is Cc1cc(C)c(C)c(C(CN2CCNCC2)N(C)C)c1C. The van der Waals surface area contributed by atoms with Crippen LogP contribution in [0.15, 0.2) is 6.07 Å². The maximum atomic E-state index is 3.44. The molecule has 1 atom stereocenters. The summed E-state index contributed by atoms with van der Waals surface area (Å²) in [5, 5.41) is 3.44. The van der Waals surface area contributed by atoms with Crippen LogP contribution < -0.4 is 5.32 Å². The Bertz CT molecular complexity index is 461. The second-order valence-corrected chi connectivity index (χ2v) is 6.70. The van der Waals surface area contributed by atoms with Crippen LogP contribution in [0.2, 0.25) is 0 Å². The summed E-state index contributed by atoms with van der Waals surface area (Å²) in [5.74, 6) is 0. The largest absolute Gasteiger partial charge is 0.314 e. The van der Waals surface area contributed by atoms with Crippen LogP contribution in [0, 0.1) is 27.7 Å². The van der Waals surface area contributed by atoms with Gasteiger partial charge >= 0.3 is 0 Å². The van der Waals surface area contributed by atoms with Crippen LogP contribution in [-0.4, -0.2) is 56.6 Å². The molecule has 0 aliphatic carbocycles. The molecule has 1 aromatic carbocycles. The summed E-state index contributed by atoms with van der Waals surface area (Å²) in [5.41, 5.74) is 7.30. The number of aryl methyl sites for hydroxylation is 2. The van der Waals surface area contributed by atoms with E-state index >= 15 is 0 Å². The Morgan fingerprint density at radius 2 is 1.57 bits per heavy atom. The highest BCUT2D eigenvalue weighted by atomic mass is 15.2. The average molecular weight is 289 g/mol. The van der Waals surface area contributed by atoms with E-state index in [1.165, 1.54) is 27.8 Å². The summed E-state index contributed by atoms with van der Waals surface area (Å²) in [4.78, 5) is 4.98. The Balaban J connectivity index is 2.34. The summed E-state index contributed by atoms with van der Waals surface area (Å²) in [6.45, 7) is 14.7. The smallest absolute Gasteiger partial charge is 0.0474 e. The van der Waals surface area contributed by atoms with Gasteiger partial charge in [-0.05, 0) is 69.6 Å². The Morgan fingerprint density at radius 3 is 2.05 bits per heavy atom. The third-order valence-electron chi connectivity index (χ3n) is 5.02. The average Bonchev–Trinajstić information content (AvgIpc) is 2.45. The molecule has 2 rings (SSSR count). The van der Waals surface area contributed by atoms with Gasteiger partial charge < -0.3 is 10.2 Å². The van der Waals surface area contributed by atoms with Gasteiger partial charge in [-0.15, -0.1) is 0 Å². The lowest BCUT2D eigenvalue weighted by atomic mass is 9.89. The van der Waals surface area contributed by atoms with Crippen molar-refractivity contribution in [3.8, 4) is 0 Å². The van der Waals surface area contributed by atoms with E-state index in [1.54, 1.807) is 0 Å². The number of nitrogens with one attached hydrogen (secondary N) is 1. The maximum Gasteiger partial charge on any atom is 0.0474 e. The molecule has 0 saturated carbocycles. The highest BCUT2D eigenvalue weighted by Gasteiger charge is 2.23. The second kappa shape index (κ2) is 6.91. The Morgan fingerprint density at radius 1 is 1.05 bits per heavy atom.